The lowest BCUT2D eigenvalue weighted by molar-refractivity contribution is -0.0639. The molecule has 2 fully saturated rings. The molecule has 0 spiro atoms. The summed E-state index contributed by atoms with van der Waals surface area (Å²) in [5, 5.41) is 2.90. The Morgan fingerprint density at radius 2 is 2.36 bits per heavy atom. The Bertz CT molecular complexity index is 576. The van der Waals surface area contributed by atoms with Gasteiger partial charge in [-0.15, -0.1) is 11.3 Å². The maximum atomic E-state index is 12.2. The molecule has 1 aromatic rings. The molecule has 3 rings (SSSR count). The maximum Gasteiger partial charge on any atom is 0.214 e. The average molecular weight is 346 g/mol. The molecule has 0 radical (unpaired) electrons. The number of hydrogen-bond acceptors (Lipinski definition) is 6. The Morgan fingerprint density at radius 1 is 1.50 bits per heavy atom. The largest absolute Gasteiger partial charge is 0.375 e. The quantitative estimate of drug-likeness (QED) is 0.780. The van der Waals surface area contributed by atoms with Gasteiger partial charge < -0.3 is 9.47 Å². The molecule has 0 N–H and O–H groups in total. The number of aromatic nitrogens is 1. The minimum Gasteiger partial charge on any atom is -0.375 e. The first-order valence-electron chi connectivity index (χ1n) is 7.69. The average Bonchev–Trinajstić information content (AvgIpc) is 3.17. The van der Waals surface area contributed by atoms with Crippen molar-refractivity contribution in [3.63, 3.8) is 0 Å². The summed E-state index contributed by atoms with van der Waals surface area (Å²) in [6.07, 6.45) is 3.54. The third kappa shape index (κ3) is 3.35. The molecule has 22 heavy (non-hydrogen) atoms. The van der Waals surface area contributed by atoms with E-state index in [4.69, 9.17) is 9.47 Å². The number of morpholine rings is 1. The number of fused-ring (bicyclic) bond motifs is 1. The highest BCUT2D eigenvalue weighted by Gasteiger charge is 2.46. The van der Waals surface area contributed by atoms with Gasteiger partial charge in [0.05, 0.1) is 37.7 Å². The van der Waals surface area contributed by atoms with E-state index in [1.807, 2.05) is 5.38 Å². The SMILES string of the molecule is CCS(=O)(=O)N1CCO[C@@H]2[C@@H](COCc3nccs3)CC[C@H]21. The number of sulfonamides is 1. The van der Waals surface area contributed by atoms with Crippen molar-refractivity contribution in [1.29, 1.82) is 0 Å². The first-order valence-corrected chi connectivity index (χ1v) is 10.2. The molecule has 3 atom stereocenters. The molecule has 6 nitrogen and oxygen atoms in total. The van der Waals surface area contributed by atoms with E-state index in [2.05, 4.69) is 4.98 Å². The summed E-state index contributed by atoms with van der Waals surface area (Å²) < 4.78 is 37.7. The van der Waals surface area contributed by atoms with Gasteiger partial charge in [0.25, 0.3) is 0 Å². The summed E-state index contributed by atoms with van der Waals surface area (Å²) >= 11 is 1.58. The summed E-state index contributed by atoms with van der Waals surface area (Å²) in [4.78, 5) is 4.19. The summed E-state index contributed by atoms with van der Waals surface area (Å²) in [5.41, 5.74) is 0. The molecule has 1 saturated carbocycles. The second kappa shape index (κ2) is 6.92. The van der Waals surface area contributed by atoms with Gasteiger partial charge in [-0.25, -0.2) is 13.4 Å². The van der Waals surface area contributed by atoms with Crippen molar-refractivity contribution in [2.45, 2.75) is 38.5 Å². The van der Waals surface area contributed by atoms with Crippen LogP contribution < -0.4 is 0 Å². The number of thiazole rings is 1. The zero-order valence-electron chi connectivity index (χ0n) is 12.7. The lowest BCUT2D eigenvalue weighted by Crippen LogP contribution is -2.53. The van der Waals surface area contributed by atoms with Gasteiger partial charge in [0.1, 0.15) is 5.01 Å². The van der Waals surface area contributed by atoms with E-state index >= 15 is 0 Å². The van der Waals surface area contributed by atoms with Crippen LogP contribution in [0.1, 0.15) is 24.8 Å². The summed E-state index contributed by atoms with van der Waals surface area (Å²) in [6, 6.07) is -0.0211. The lowest BCUT2D eigenvalue weighted by Gasteiger charge is -2.38. The third-order valence-corrected chi connectivity index (χ3v) is 7.08. The topological polar surface area (TPSA) is 68.7 Å². The van der Waals surface area contributed by atoms with Crippen LogP contribution in [0.5, 0.6) is 0 Å². The van der Waals surface area contributed by atoms with Crippen molar-refractivity contribution < 1.29 is 17.9 Å². The molecule has 0 amide bonds. The fourth-order valence-corrected chi connectivity index (χ4v) is 5.21. The normalized spacial score (nSPS) is 29.6. The minimum absolute atomic E-state index is 0.0211. The molecule has 1 saturated heterocycles. The molecule has 1 aliphatic heterocycles. The van der Waals surface area contributed by atoms with E-state index in [1.165, 1.54) is 0 Å². The molecule has 0 aromatic carbocycles. The highest BCUT2D eigenvalue weighted by atomic mass is 32.2. The van der Waals surface area contributed by atoms with Gasteiger partial charge in [-0.1, -0.05) is 0 Å². The third-order valence-electron chi connectivity index (χ3n) is 4.43. The highest BCUT2D eigenvalue weighted by molar-refractivity contribution is 7.89. The number of hydrogen-bond donors (Lipinski definition) is 0. The van der Waals surface area contributed by atoms with E-state index in [0.717, 1.165) is 17.8 Å². The first-order chi connectivity index (χ1) is 10.6. The fraction of sp³-hybridized carbons (Fsp3) is 0.786. The Labute approximate surface area is 135 Å². The van der Waals surface area contributed by atoms with Crippen LogP contribution in [0.15, 0.2) is 11.6 Å². The zero-order valence-corrected chi connectivity index (χ0v) is 14.3. The molecule has 2 aliphatic rings. The van der Waals surface area contributed by atoms with Crippen LogP contribution >= 0.6 is 11.3 Å². The highest BCUT2D eigenvalue weighted by Crippen LogP contribution is 2.36. The Balaban J connectivity index is 1.58. The molecule has 124 valence electrons. The summed E-state index contributed by atoms with van der Waals surface area (Å²) in [6.45, 7) is 3.76. The van der Waals surface area contributed by atoms with Gasteiger partial charge in [-0.05, 0) is 19.8 Å². The molecule has 1 aromatic heterocycles. The van der Waals surface area contributed by atoms with Gasteiger partial charge in [-0.3, -0.25) is 0 Å². The van der Waals surface area contributed by atoms with Crippen molar-refractivity contribution in [3.05, 3.63) is 16.6 Å². The maximum absolute atomic E-state index is 12.2. The van der Waals surface area contributed by atoms with Crippen LogP contribution in [-0.2, 0) is 26.1 Å². The van der Waals surface area contributed by atoms with E-state index in [-0.39, 0.29) is 23.8 Å². The lowest BCUT2D eigenvalue weighted by atomic mass is 10.1. The van der Waals surface area contributed by atoms with Crippen molar-refractivity contribution >= 4 is 21.4 Å². The fourth-order valence-electron chi connectivity index (χ4n) is 3.34. The Hall–Kier alpha value is -0.540. The second-order valence-corrected chi connectivity index (χ2v) is 8.88. The standard InChI is InChI=1S/C14H22N2O4S2/c1-2-22(17,18)16-6-7-20-14-11(3-4-12(14)16)9-19-10-13-15-5-8-21-13/h5,8,11-12,14H,2-4,6-7,9-10H2,1H3/t11-,12-,14-/m1/s1. The molecular weight excluding hydrogens is 324 g/mol. The monoisotopic (exact) mass is 346 g/mol. The molecule has 8 heteroatoms. The van der Waals surface area contributed by atoms with Gasteiger partial charge in [-0.2, -0.15) is 4.31 Å². The smallest absolute Gasteiger partial charge is 0.214 e. The van der Waals surface area contributed by atoms with Crippen molar-refractivity contribution in [1.82, 2.24) is 9.29 Å². The molecule has 0 bridgehead atoms. The van der Waals surface area contributed by atoms with Crippen LogP contribution in [0.25, 0.3) is 0 Å². The van der Waals surface area contributed by atoms with Crippen LogP contribution in [0, 0.1) is 5.92 Å². The Morgan fingerprint density at radius 3 is 3.09 bits per heavy atom. The predicted octanol–water partition coefficient (Wildman–Crippen LogP) is 1.49. The van der Waals surface area contributed by atoms with Gasteiger partial charge in [0.15, 0.2) is 0 Å². The molecule has 2 heterocycles. The second-order valence-electron chi connectivity index (χ2n) is 5.69. The Kier molecular flexibility index (Phi) is 5.13. The van der Waals surface area contributed by atoms with E-state index in [1.54, 1.807) is 28.8 Å². The van der Waals surface area contributed by atoms with E-state index in [9.17, 15) is 8.42 Å². The van der Waals surface area contributed by atoms with Crippen LogP contribution in [0.3, 0.4) is 0 Å². The predicted molar refractivity (Wildman–Crippen MR) is 84.2 cm³/mol. The van der Waals surface area contributed by atoms with Gasteiger partial charge >= 0.3 is 0 Å². The van der Waals surface area contributed by atoms with Crippen molar-refractivity contribution in [3.8, 4) is 0 Å². The molecular formula is C14H22N2O4S2. The molecule has 1 aliphatic carbocycles. The van der Waals surface area contributed by atoms with Gasteiger partial charge in [0, 0.05) is 24.0 Å². The zero-order chi connectivity index (χ0) is 15.6. The van der Waals surface area contributed by atoms with E-state index < -0.39 is 10.0 Å². The van der Waals surface area contributed by atoms with Crippen molar-refractivity contribution in [2.75, 3.05) is 25.5 Å². The summed E-state index contributed by atoms with van der Waals surface area (Å²) in [5.74, 6) is 0.418. The number of rotatable bonds is 6. The van der Waals surface area contributed by atoms with Crippen LogP contribution in [0.2, 0.25) is 0 Å². The van der Waals surface area contributed by atoms with Gasteiger partial charge in [0.2, 0.25) is 10.0 Å². The van der Waals surface area contributed by atoms with Crippen LogP contribution in [-0.4, -0.2) is 55.4 Å². The summed E-state index contributed by atoms with van der Waals surface area (Å²) in [7, 11) is -3.15. The molecule has 0 unspecified atom stereocenters. The van der Waals surface area contributed by atoms with E-state index in [0.29, 0.717) is 26.4 Å². The number of ether oxygens (including phenoxy) is 2. The number of nitrogens with zero attached hydrogens (tertiary/aromatic N) is 2. The van der Waals surface area contributed by atoms with Crippen LogP contribution in [0.4, 0.5) is 0 Å². The van der Waals surface area contributed by atoms with Crippen molar-refractivity contribution in [2.24, 2.45) is 5.92 Å². The first kappa shape index (κ1) is 16.3. The minimum atomic E-state index is -3.15.